The molecule has 2 aromatic carbocycles. The van der Waals surface area contributed by atoms with Crippen molar-refractivity contribution in [2.75, 3.05) is 0 Å². The first-order valence-electron chi connectivity index (χ1n) is 9.15. The van der Waals surface area contributed by atoms with E-state index >= 15 is 0 Å². The van der Waals surface area contributed by atoms with Crippen molar-refractivity contribution >= 4 is 0 Å². The van der Waals surface area contributed by atoms with Crippen LogP contribution in [0.25, 0.3) is 0 Å². The molecule has 1 unspecified atom stereocenters. The second-order valence-corrected chi connectivity index (χ2v) is 6.43. The lowest BCUT2D eigenvalue weighted by Crippen LogP contribution is -2.02. The summed E-state index contributed by atoms with van der Waals surface area (Å²) in [4.78, 5) is 0. The van der Waals surface area contributed by atoms with Gasteiger partial charge in [-0.05, 0) is 18.1 Å². The van der Waals surface area contributed by atoms with E-state index in [-0.39, 0.29) is 0 Å². The van der Waals surface area contributed by atoms with Crippen LogP contribution in [0.5, 0.6) is 5.75 Å². The zero-order chi connectivity index (χ0) is 16.3. The summed E-state index contributed by atoms with van der Waals surface area (Å²) in [5.41, 5.74) is 2.37. The Balaban J connectivity index is 1.95. The topological polar surface area (TPSA) is 20.2 Å². The molecule has 2 aromatic rings. The summed E-state index contributed by atoms with van der Waals surface area (Å²) in [7, 11) is 0. The number of para-hydroxylation sites is 1. The van der Waals surface area contributed by atoms with Gasteiger partial charge in [-0.2, -0.15) is 0 Å². The van der Waals surface area contributed by atoms with Crippen molar-refractivity contribution in [2.45, 2.75) is 64.2 Å². The number of phenols is 1. The van der Waals surface area contributed by atoms with Gasteiger partial charge in [-0.15, -0.1) is 0 Å². The van der Waals surface area contributed by atoms with E-state index < -0.39 is 0 Å². The van der Waals surface area contributed by atoms with E-state index in [0.717, 1.165) is 12.0 Å². The third-order valence-electron chi connectivity index (χ3n) is 4.61. The fraction of sp³-hybridized carbons (Fsp3) is 0.455. The highest BCUT2D eigenvalue weighted by Gasteiger charge is 2.16. The Morgan fingerprint density at radius 3 is 2.04 bits per heavy atom. The summed E-state index contributed by atoms with van der Waals surface area (Å²) in [6.45, 7) is 2.26. The van der Waals surface area contributed by atoms with Crippen LogP contribution in [0.3, 0.4) is 0 Å². The highest BCUT2D eigenvalue weighted by molar-refractivity contribution is 5.41. The highest BCUT2D eigenvalue weighted by atomic mass is 16.3. The van der Waals surface area contributed by atoms with Crippen LogP contribution >= 0.6 is 0 Å². The molecule has 1 atom stereocenters. The first kappa shape index (κ1) is 17.6. The molecule has 23 heavy (non-hydrogen) atoms. The molecule has 0 spiro atoms. The first-order chi connectivity index (χ1) is 11.3. The van der Waals surface area contributed by atoms with Crippen LogP contribution < -0.4 is 0 Å². The SMILES string of the molecule is CCCCCCCCCC(c1ccccc1)c1ccccc1O. The summed E-state index contributed by atoms with van der Waals surface area (Å²) >= 11 is 0. The quantitative estimate of drug-likeness (QED) is 0.486. The summed E-state index contributed by atoms with van der Waals surface area (Å²) in [6.07, 6.45) is 10.4. The lowest BCUT2D eigenvalue weighted by molar-refractivity contribution is 0.460. The maximum Gasteiger partial charge on any atom is 0.119 e. The predicted octanol–water partition coefficient (Wildman–Crippen LogP) is 6.66. The molecule has 124 valence electrons. The Kier molecular flexibility index (Phi) is 7.72. The normalized spacial score (nSPS) is 12.2. The second-order valence-electron chi connectivity index (χ2n) is 6.43. The Labute approximate surface area is 141 Å². The van der Waals surface area contributed by atoms with Gasteiger partial charge in [-0.1, -0.05) is 100 Å². The summed E-state index contributed by atoms with van der Waals surface area (Å²) in [5.74, 6) is 0.720. The number of unbranched alkanes of at least 4 members (excludes halogenated alkanes) is 6. The van der Waals surface area contributed by atoms with Gasteiger partial charge in [0.05, 0.1) is 0 Å². The largest absolute Gasteiger partial charge is 0.508 e. The van der Waals surface area contributed by atoms with Crippen LogP contribution in [0.4, 0.5) is 0 Å². The molecule has 0 saturated heterocycles. The Morgan fingerprint density at radius 1 is 0.739 bits per heavy atom. The highest BCUT2D eigenvalue weighted by Crippen LogP contribution is 2.35. The van der Waals surface area contributed by atoms with Crippen molar-refractivity contribution in [3.63, 3.8) is 0 Å². The zero-order valence-electron chi connectivity index (χ0n) is 14.4. The molecule has 1 heteroatoms. The average molecular weight is 310 g/mol. The Morgan fingerprint density at radius 2 is 1.35 bits per heavy atom. The van der Waals surface area contributed by atoms with Crippen LogP contribution in [0.2, 0.25) is 0 Å². The van der Waals surface area contributed by atoms with Gasteiger partial charge in [0, 0.05) is 11.5 Å². The molecule has 1 nitrogen and oxygen atoms in total. The van der Waals surface area contributed by atoms with Gasteiger partial charge in [0.15, 0.2) is 0 Å². The van der Waals surface area contributed by atoms with Crippen molar-refractivity contribution in [2.24, 2.45) is 0 Å². The van der Waals surface area contributed by atoms with Gasteiger partial charge >= 0.3 is 0 Å². The second kappa shape index (κ2) is 10.1. The fourth-order valence-corrected chi connectivity index (χ4v) is 3.27. The zero-order valence-corrected chi connectivity index (χ0v) is 14.4. The lowest BCUT2D eigenvalue weighted by Gasteiger charge is -2.19. The van der Waals surface area contributed by atoms with E-state index in [9.17, 15) is 5.11 Å². The predicted molar refractivity (Wildman–Crippen MR) is 99.0 cm³/mol. The van der Waals surface area contributed by atoms with Crippen molar-refractivity contribution in [3.8, 4) is 5.75 Å². The minimum atomic E-state index is 0.299. The molecule has 0 aliphatic heterocycles. The van der Waals surface area contributed by atoms with E-state index in [1.54, 1.807) is 6.07 Å². The molecule has 0 aromatic heterocycles. The first-order valence-corrected chi connectivity index (χ1v) is 9.15. The molecule has 0 radical (unpaired) electrons. The maximum atomic E-state index is 10.2. The molecular weight excluding hydrogens is 280 g/mol. The average Bonchev–Trinajstić information content (AvgIpc) is 2.59. The van der Waals surface area contributed by atoms with E-state index in [1.807, 2.05) is 12.1 Å². The molecule has 2 rings (SSSR count). The number of rotatable bonds is 10. The molecule has 0 amide bonds. The maximum absolute atomic E-state index is 10.2. The van der Waals surface area contributed by atoms with Crippen molar-refractivity contribution in [3.05, 3.63) is 65.7 Å². The minimum absolute atomic E-state index is 0.299. The molecule has 0 fully saturated rings. The number of aromatic hydroxyl groups is 1. The van der Waals surface area contributed by atoms with E-state index in [0.29, 0.717) is 11.7 Å². The van der Waals surface area contributed by atoms with Gasteiger partial charge < -0.3 is 5.11 Å². The molecule has 1 N–H and O–H groups in total. The van der Waals surface area contributed by atoms with Crippen LogP contribution in [0, 0.1) is 0 Å². The molecule has 0 aliphatic rings. The van der Waals surface area contributed by atoms with Crippen LogP contribution in [-0.4, -0.2) is 5.11 Å². The van der Waals surface area contributed by atoms with Gasteiger partial charge in [-0.25, -0.2) is 0 Å². The van der Waals surface area contributed by atoms with Gasteiger partial charge in [0.1, 0.15) is 5.75 Å². The fourth-order valence-electron chi connectivity index (χ4n) is 3.27. The molecular formula is C22H30O. The third-order valence-corrected chi connectivity index (χ3v) is 4.61. The van der Waals surface area contributed by atoms with Gasteiger partial charge in [-0.3, -0.25) is 0 Å². The van der Waals surface area contributed by atoms with Crippen molar-refractivity contribution in [1.29, 1.82) is 0 Å². The third kappa shape index (κ3) is 5.74. The molecule has 0 saturated carbocycles. The van der Waals surface area contributed by atoms with Gasteiger partial charge in [0.2, 0.25) is 0 Å². The van der Waals surface area contributed by atoms with E-state index in [4.69, 9.17) is 0 Å². The summed E-state index contributed by atoms with van der Waals surface area (Å²) in [6, 6.07) is 18.4. The minimum Gasteiger partial charge on any atom is -0.508 e. The number of hydrogen-bond acceptors (Lipinski definition) is 1. The van der Waals surface area contributed by atoms with E-state index in [1.165, 1.54) is 50.5 Å². The summed E-state index contributed by atoms with van der Waals surface area (Å²) in [5, 5.41) is 10.2. The van der Waals surface area contributed by atoms with Crippen molar-refractivity contribution < 1.29 is 5.11 Å². The molecule has 0 heterocycles. The van der Waals surface area contributed by atoms with Crippen LogP contribution in [0.15, 0.2) is 54.6 Å². The van der Waals surface area contributed by atoms with Crippen molar-refractivity contribution in [1.82, 2.24) is 0 Å². The number of hydrogen-bond donors (Lipinski definition) is 1. The molecule has 0 bridgehead atoms. The monoisotopic (exact) mass is 310 g/mol. The van der Waals surface area contributed by atoms with Gasteiger partial charge in [0.25, 0.3) is 0 Å². The van der Waals surface area contributed by atoms with Crippen LogP contribution in [-0.2, 0) is 0 Å². The lowest BCUT2D eigenvalue weighted by atomic mass is 9.86. The van der Waals surface area contributed by atoms with E-state index in [2.05, 4.69) is 43.3 Å². The van der Waals surface area contributed by atoms with Crippen LogP contribution in [0.1, 0.15) is 75.3 Å². The summed E-state index contributed by atoms with van der Waals surface area (Å²) < 4.78 is 0. The number of phenolic OH excluding ortho intramolecular Hbond substituents is 1. The Hall–Kier alpha value is -1.76. The molecule has 0 aliphatic carbocycles. The standard InChI is InChI=1S/C22H30O/c1-2-3-4-5-6-7-11-16-20(19-14-9-8-10-15-19)21-17-12-13-18-22(21)23/h8-10,12-15,17-18,20,23H,2-7,11,16H2,1H3. The number of benzene rings is 2. The Bertz CT molecular complexity index is 547. The smallest absolute Gasteiger partial charge is 0.119 e.